The van der Waals surface area contributed by atoms with Gasteiger partial charge in [-0.25, -0.2) is 0 Å². The molecule has 0 spiro atoms. The molecule has 7 heteroatoms. The van der Waals surface area contributed by atoms with E-state index < -0.39 is 5.97 Å². The van der Waals surface area contributed by atoms with Gasteiger partial charge in [0, 0.05) is 37.2 Å². The Balaban J connectivity index is 1.98. The number of carboxylic acid groups (broad SMARTS) is 1. The molecule has 2 unspecified atom stereocenters. The number of amides is 1. The average Bonchev–Trinajstić information content (AvgIpc) is 2.46. The fourth-order valence-corrected chi connectivity index (χ4v) is 3.83. The third-order valence-electron chi connectivity index (χ3n) is 3.86. The predicted octanol–water partition coefficient (Wildman–Crippen LogP) is 0.126. The number of carbonyl (C=O) groups excluding carboxylic acids is 1. The van der Waals surface area contributed by atoms with Crippen LogP contribution in [0.15, 0.2) is 0 Å². The van der Waals surface area contributed by atoms with Crippen LogP contribution >= 0.6 is 11.8 Å². The molecular weight excluding hydrogens is 280 g/mol. The predicted molar refractivity (Wildman–Crippen MR) is 76.9 cm³/mol. The summed E-state index contributed by atoms with van der Waals surface area (Å²) in [6.07, 6.45) is 0.105. The molecule has 0 aromatic rings. The van der Waals surface area contributed by atoms with Crippen LogP contribution in [0.1, 0.15) is 13.3 Å². The standard InChI is InChI=1S/C13H22N2O4S/c1-10(13(18)14-2-5-19-6-3-14)15-4-7-20-9-11(15)8-12(16)17/h10-11H,2-9H2,1H3,(H,16,17). The molecule has 2 aliphatic rings. The first-order valence-corrected chi connectivity index (χ1v) is 8.17. The first-order chi connectivity index (χ1) is 9.59. The Labute approximate surface area is 123 Å². The molecule has 2 atom stereocenters. The molecule has 2 fully saturated rings. The molecular formula is C13H22N2O4S. The van der Waals surface area contributed by atoms with Crippen molar-refractivity contribution in [3.63, 3.8) is 0 Å². The molecule has 0 radical (unpaired) electrons. The summed E-state index contributed by atoms with van der Waals surface area (Å²) < 4.78 is 5.26. The average molecular weight is 302 g/mol. The Morgan fingerprint density at radius 2 is 2.05 bits per heavy atom. The van der Waals surface area contributed by atoms with E-state index in [0.29, 0.717) is 26.3 Å². The van der Waals surface area contributed by atoms with Gasteiger partial charge >= 0.3 is 5.97 Å². The molecule has 2 rings (SSSR count). The Morgan fingerprint density at radius 3 is 2.70 bits per heavy atom. The highest BCUT2D eigenvalue weighted by Crippen LogP contribution is 2.22. The first kappa shape index (κ1) is 15.6. The lowest BCUT2D eigenvalue weighted by Gasteiger charge is -2.40. The fourth-order valence-electron chi connectivity index (χ4n) is 2.75. The molecule has 0 bridgehead atoms. The Bertz CT molecular complexity index is 360. The van der Waals surface area contributed by atoms with Gasteiger partial charge in [-0.2, -0.15) is 11.8 Å². The molecule has 0 aliphatic carbocycles. The second-order valence-electron chi connectivity index (χ2n) is 5.18. The van der Waals surface area contributed by atoms with Crippen molar-refractivity contribution in [1.29, 1.82) is 0 Å². The van der Waals surface area contributed by atoms with E-state index >= 15 is 0 Å². The van der Waals surface area contributed by atoms with Gasteiger partial charge in [0.25, 0.3) is 0 Å². The molecule has 0 saturated carbocycles. The zero-order chi connectivity index (χ0) is 14.5. The van der Waals surface area contributed by atoms with Gasteiger partial charge in [-0.15, -0.1) is 0 Å². The van der Waals surface area contributed by atoms with Crippen molar-refractivity contribution >= 4 is 23.6 Å². The van der Waals surface area contributed by atoms with Crippen LogP contribution in [0.25, 0.3) is 0 Å². The second-order valence-corrected chi connectivity index (χ2v) is 6.33. The summed E-state index contributed by atoms with van der Waals surface area (Å²) in [5, 5.41) is 9.00. The molecule has 2 heterocycles. The van der Waals surface area contributed by atoms with E-state index in [-0.39, 0.29) is 24.4 Å². The third-order valence-corrected chi connectivity index (χ3v) is 4.95. The van der Waals surface area contributed by atoms with Gasteiger partial charge < -0.3 is 14.7 Å². The summed E-state index contributed by atoms with van der Waals surface area (Å²) in [5.74, 6) is 1.04. The maximum Gasteiger partial charge on any atom is 0.304 e. The van der Waals surface area contributed by atoms with Gasteiger partial charge in [-0.05, 0) is 6.92 Å². The maximum atomic E-state index is 12.5. The van der Waals surface area contributed by atoms with Gasteiger partial charge in [0.1, 0.15) is 0 Å². The number of nitrogens with zero attached hydrogens (tertiary/aromatic N) is 2. The molecule has 20 heavy (non-hydrogen) atoms. The molecule has 114 valence electrons. The minimum absolute atomic E-state index is 0.0498. The normalized spacial score (nSPS) is 26.2. The number of aliphatic carboxylic acids is 1. The van der Waals surface area contributed by atoms with Crippen molar-refractivity contribution < 1.29 is 19.4 Å². The molecule has 1 amide bonds. The van der Waals surface area contributed by atoms with Crippen LogP contribution in [-0.4, -0.2) is 83.2 Å². The lowest BCUT2D eigenvalue weighted by atomic mass is 10.1. The summed E-state index contributed by atoms with van der Waals surface area (Å²) in [6.45, 7) is 5.12. The van der Waals surface area contributed by atoms with Crippen molar-refractivity contribution in [1.82, 2.24) is 9.80 Å². The van der Waals surface area contributed by atoms with Crippen LogP contribution < -0.4 is 0 Å². The number of thioether (sulfide) groups is 1. The Hall–Kier alpha value is -0.790. The van der Waals surface area contributed by atoms with Crippen LogP contribution in [0.5, 0.6) is 0 Å². The van der Waals surface area contributed by atoms with Crippen LogP contribution in [0.2, 0.25) is 0 Å². The summed E-state index contributed by atoms with van der Waals surface area (Å²) in [6, 6.07) is -0.301. The Morgan fingerprint density at radius 1 is 1.35 bits per heavy atom. The van der Waals surface area contributed by atoms with Crippen molar-refractivity contribution in [2.75, 3.05) is 44.4 Å². The number of carboxylic acids is 1. The van der Waals surface area contributed by atoms with E-state index in [0.717, 1.165) is 18.1 Å². The molecule has 0 aromatic heterocycles. The highest BCUT2D eigenvalue weighted by molar-refractivity contribution is 7.99. The molecule has 1 N–H and O–H groups in total. The highest BCUT2D eigenvalue weighted by atomic mass is 32.2. The van der Waals surface area contributed by atoms with E-state index in [2.05, 4.69) is 4.90 Å². The van der Waals surface area contributed by atoms with E-state index in [1.807, 2.05) is 11.8 Å². The first-order valence-electron chi connectivity index (χ1n) is 7.01. The van der Waals surface area contributed by atoms with Crippen LogP contribution in [0.3, 0.4) is 0 Å². The van der Waals surface area contributed by atoms with E-state index in [4.69, 9.17) is 9.84 Å². The largest absolute Gasteiger partial charge is 0.481 e. The second kappa shape index (κ2) is 7.28. The SMILES string of the molecule is CC(C(=O)N1CCOCC1)N1CCSCC1CC(=O)O. The number of carbonyl (C=O) groups is 2. The molecule has 2 saturated heterocycles. The number of ether oxygens (including phenoxy) is 1. The Kier molecular flexibility index (Phi) is 5.68. The molecule has 6 nitrogen and oxygen atoms in total. The van der Waals surface area contributed by atoms with Gasteiger partial charge in [0.15, 0.2) is 0 Å². The summed E-state index contributed by atoms with van der Waals surface area (Å²) >= 11 is 1.76. The zero-order valence-corrected chi connectivity index (χ0v) is 12.6. The monoisotopic (exact) mass is 302 g/mol. The molecule has 2 aliphatic heterocycles. The van der Waals surface area contributed by atoms with Gasteiger partial charge in [-0.1, -0.05) is 0 Å². The van der Waals surface area contributed by atoms with E-state index in [1.165, 1.54) is 0 Å². The lowest BCUT2D eigenvalue weighted by molar-refractivity contribution is -0.144. The summed E-state index contributed by atoms with van der Waals surface area (Å²) in [4.78, 5) is 27.3. The summed E-state index contributed by atoms with van der Waals surface area (Å²) in [7, 11) is 0. The summed E-state index contributed by atoms with van der Waals surface area (Å²) in [5.41, 5.74) is 0. The molecule has 0 aromatic carbocycles. The fraction of sp³-hybridized carbons (Fsp3) is 0.846. The zero-order valence-electron chi connectivity index (χ0n) is 11.8. The third kappa shape index (κ3) is 3.86. The number of rotatable bonds is 4. The van der Waals surface area contributed by atoms with Crippen LogP contribution in [0.4, 0.5) is 0 Å². The van der Waals surface area contributed by atoms with Crippen molar-refractivity contribution in [2.24, 2.45) is 0 Å². The minimum Gasteiger partial charge on any atom is -0.481 e. The van der Waals surface area contributed by atoms with Crippen LogP contribution in [0, 0.1) is 0 Å². The van der Waals surface area contributed by atoms with Crippen molar-refractivity contribution in [3.05, 3.63) is 0 Å². The van der Waals surface area contributed by atoms with Crippen LogP contribution in [-0.2, 0) is 14.3 Å². The van der Waals surface area contributed by atoms with Crippen molar-refractivity contribution in [2.45, 2.75) is 25.4 Å². The lowest BCUT2D eigenvalue weighted by Crippen LogP contribution is -2.56. The number of hydrogen-bond donors (Lipinski definition) is 1. The maximum absolute atomic E-state index is 12.5. The smallest absolute Gasteiger partial charge is 0.304 e. The van der Waals surface area contributed by atoms with E-state index in [9.17, 15) is 9.59 Å². The van der Waals surface area contributed by atoms with Gasteiger partial charge in [-0.3, -0.25) is 14.5 Å². The van der Waals surface area contributed by atoms with E-state index in [1.54, 1.807) is 11.8 Å². The van der Waals surface area contributed by atoms with Gasteiger partial charge in [0.05, 0.1) is 25.7 Å². The topological polar surface area (TPSA) is 70.1 Å². The van der Waals surface area contributed by atoms with Gasteiger partial charge in [0.2, 0.25) is 5.91 Å². The number of hydrogen-bond acceptors (Lipinski definition) is 5. The number of morpholine rings is 1. The quantitative estimate of drug-likeness (QED) is 0.796. The van der Waals surface area contributed by atoms with Crippen molar-refractivity contribution in [3.8, 4) is 0 Å². The highest BCUT2D eigenvalue weighted by Gasteiger charge is 2.34. The minimum atomic E-state index is -0.798.